The number of hydrogen-bond donors (Lipinski definition) is 0. The molecule has 0 aliphatic carbocycles. The molecule has 0 N–H and O–H groups in total. The van der Waals surface area contributed by atoms with Crippen LogP contribution >= 0.6 is 27.7 Å². The molecule has 106 valence electrons. The number of halogens is 2. The van der Waals surface area contributed by atoms with Crippen molar-refractivity contribution in [2.75, 3.05) is 0 Å². The quantitative estimate of drug-likeness (QED) is 0.599. The van der Waals surface area contributed by atoms with Gasteiger partial charge in [-0.2, -0.15) is 5.26 Å². The van der Waals surface area contributed by atoms with Crippen LogP contribution in [0.4, 0.5) is 10.1 Å². The Hall–Kier alpha value is -1.98. The first-order valence-corrected chi connectivity index (χ1v) is 7.22. The van der Waals surface area contributed by atoms with E-state index in [1.165, 1.54) is 13.1 Å². The van der Waals surface area contributed by atoms with Gasteiger partial charge in [0.2, 0.25) is 0 Å². The van der Waals surface area contributed by atoms with Gasteiger partial charge in [0, 0.05) is 21.1 Å². The van der Waals surface area contributed by atoms with E-state index in [9.17, 15) is 14.5 Å². The fourth-order valence-corrected chi connectivity index (χ4v) is 3.23. The van der Waals surface area contributed by atoms with Gasteiger partial charge in [-0.3, -0.25) is 10.1 Å². The van der Waals surface area contributed by atoms with Crippen LogP contribution < -0.4 is 0 Å². The van der Waals surface area contributed by atoms with Gasteiger partial charge in [0.15, 0.2) is 5.69 Å². The summed E-state index contributed by atoms with van der Waals surface area (Å²) in [5, 5.41) is 19.8. The molecule has 8 heteroatoms. The summed E-state index contributed by atoms with van der Waals surface area (Å²) < 4.78 is 14.4. The average Bonchev–Trinajstić information content (AvgIpc) is 2.47. The first-order chi connectivity index (χ1) is 9.95. The molecule has 0 unspecified atom stereocenters. The SMILES string of the molecule is Cc1c([N+](=O)[O-])cc(F)c(Sc2cccnc2C#N)c1Br. The van der Waals surface area contributed by atoms with Crippen molar-refractivity contribution in [3.05, 3.63) is 56.1 Å². The molecule has 0 spiro atoms. The summed E-state index contributed by atoms with van der Waals surface area (Å²) in [6, 6.07) is 6.07. The zero-order valence-corrected chi connectivity index (χ0v) is 13.0. The number of nitrogens with zero attached hydrogens (tertiary/aromatic N) is 3. The third kappa shape index (κ3) is 3.04. The van der Waals surface area contributed by atoms with Crippen molar-refractivity contribution in [1.82, 2.24) is 4.98 Å². The Morgan fingerprint density at radius 2 is 2.29 bits per heavy atom. The second-order valence-electron chi connectivity index (χ2n) is 3.97. The summed E-state index contributed by atoms with van der Waals surface area (Å²) in [5.41, 5.74) is 0.200. The van der Waals surface area contributed by atoms with Crippen molar-refractivity contribution in [3.63, 3.8) is 0 Å². The van der Waals surface area contributed by atoms with Crippen molar-refractivity contribution >= 4 is 33.4 Å². The van der Waals surface area contributed by atoms with E-state index in [0.29, 0.717) is 14.9 Å². The van der Waals surface area contributed by atoms with Gasteiger partial charge < -0.3 is 0 Å². The number of rotatable bonds is 3. The maximum atomic E-state index is 14.1. The van der Waals surface area contributed by atoms with Gasteiger partial charge in [0.25, 0.3) is 5.69 Å². The lowest BCUT2D eigenvalue weighted by Gasteiger charge is -2.09. The van der Waals surface area contributed by atoms with E-state index in [0.717, 1.165) is 17.8 Å². The number of nitriles is 1. The fourth-order valence-electron chi connectivity index (χ4n) is 1.63. The molecule has 0 bridgehead atoms. The zero-order valence-electron chi connectivity index (χ0n) is 10.6. The maximum absolute atomic E-state index is 14.1. The van der Waals surface area contributed by atoms with E-state index < -0.39 is 10.7 Å². The van der Waals surface area contributed by atoms with Crippen LogP contribution in [0.1, 0.15) is 11.3 Å². The smallest absolute Gasteiger partial charge is 0.258 e. The van der Waals surface area contributed by atoms with E-state index in [2.05, 4.69) is 20.9 Å². The monoisotopic (exact) mass is 367 g/mol. The Morgan fingerprint density at radius 1 is 1.57 bits per heavy atom. The Bertz CT molecular complexity index is 777. The van der Waals surface area contributed by atoms with Crippen LogP contribution in [0.15, 0.2) is 38.7 Å². The van der Waals surface area contributed by atoms with E-state index in [-0.39, 0.29) is 16.3 Å². The summed E-state index contributed by atoms with van der Waals surface area (Å²) in [7, 11) is 0. The highest BCUT2D eigenvalue weighted by Gasteiger charge is 2.22. The first-order valence-electron chi connectivity index (χ1n) is 5.61. The second kappa shape index (κ2) is 6.20. The predicted molar refractivity (Wildman–Crippen MR) is 78.6 cm³/mol. The van der Waals surface area contributed by atoms with Crippen LogP contribution in [0.3, 0.4) is 0 Å². The molecule has 1 heterocycles. The van der Waals surface area contributed by atoms with Gasteiger partial charge in [-0.05, 0) is 35.0 Å². The number of aromatic nitrogens is 1. The van der Waals surface area contributed by atoms with E-state index in [4.69, 9.17) is 5.26 Å². The van der Waals surface area contributed by atoms with E-state index in [1.807, 2.05) is 6.07 Å². The molecule has 1 aromatic carbocycles. The second-order valence-corrected chi connectivity index (χ2v) is 5.81. The van der Waals surface area contributed by atoms with E-state index in [1.54, 1.807) is 12.1 Å². The molecule has 0 atom stereocenters. The van der Waals surface area contributed by atoms with Crippen molar-refractivity contribution in [3.8, 4) is 6.07 Å². The molecule has 2 aromatic rings. The molecule has 0 amide bonds. The van der Waals surface area contributed by atoms with Crippen LogP contribution in [0.25, 0.3) is 0 Å². The van der Waals surface area contributed by atoms with Gasteiger partial charge in [0.1, 0.15) is 11.9 Å². The standard InChI is InChI=1S/C13H7BrFN3O2S/c1-7-10(18(19)20)5-8(15)13(12(7)14)21-11-3-2-4-17-9(11)6-16/h2-5H,1H3. The summed E-state index contributed by atoms with van der Waals surface area (Å²) in [4.78, 5) is 14.8. The minimum atomic E-state index is -0.725. The van der Waals surface area contributed by atoms with Crippen molar-refractivity contribution < 1.29 is 9.31 Å². The third-order valence-corrected chi connectivity index (χ3v) is 5.08. The molecule has 0 fully saturated rings. The minimum absolute atomic E-state index is 0.171. The number of nitro groups is 1. The van der Waals surface area contributed by atoms with Gasteiger partial charge >= 0.3 is 0 Å². The zero-order chi connectivity index (χ0) is 15.6. The lowest BCUT2D eigenvalue weighted by atomic mass is 10.2. The van der Waals surface area contributed by atoms with Crippen molar-refractivity contribution in [1.29, 1.82) is 5.26 Å². The largest absolute Gasteiger partial charge is 0.276 e. The van der Waals surface area contributed by atoms with Crippen molar-refractivity contribution in [2.24, 2.45) is 0 Å². The molecular formula is C13H7BrFN3O2S. The number of nitro benzene ring substituents is 1. The summed E-state index contributed by atoms with van der Waals surface area (Å²) in [5.74, 6) is -0.725. The first kappa shape index (κ1) is 15.4. The molecule has 21 heavy (non-hydrogen) atoms. The normalized spacial score (nSPS) is 10.2. The van der Waals surface area contributed by atoms with E-state index >= 15 is 0 Å². The molecule has 0 saturated carbocycles. The third-order valence-electron chi connectivity index (χ3n) is 2.68. The highest BCUT2D eigenvalue weighted by Crippen LogP contribution is 2.41. The Balaban J connectivity index is 2.54. The number of benzene rings is 1. The fraction of sp³-hybridized carbons (Fsp3) is 0.0769. The number of hydrogen-bond acceptors (Lipinski definition) is 5. The topological polar surface area (TPSA) is 79.8 Å². The predicted octanol–water partition coefficient (Wildman–Crippen LogP) is 4.22. The molecule has 0 radical (unpaired) electrons. The highest BCUT2D eigenvalue weighted by molar-refractivity contribution is 9.10. The van der Waals surface area contributed by atoms with Gasteiger partial charge in [0.05, 0.1) is 15.9 Å². The average molecular weight is 368 g/mol. The molecule has 5 nitrogen and oxygen atoms in total. The Morgan fingerprint density at radius 3 is 2.90 bits per heavy atom. The highest BCUT2D eigenvalue weighted by atomic mass is 79.9. The Kier molecular flexibility index (Phi) is 4.55. The summed E-state index contributed by atoms with van der Waals surface area (Å²) >= 11 is 4.18. The van der Waals surface area contributed by atoms with Gasteiger partial charge in [-0.1, -0.05) is 11.8 Å². The van der Waals surface area contributed by atoms with Gasteiger partial charge in [-0.25, -0.2) is 9.37 Å². The molecule has 1 aromatic heterocycles. The number of pyridine rings is 1. The lowest BCUT2D eigenvalue weighted by Crippen LogP contribution is -1.97. The Labute approximate surface area is 132 Å². The summed E-state index contributed by atoms with van der Waals surface area (Å²) in [6.45, 7) is 1.53. The molecule has 0 saturated heterocycles. The molecule has 0 aliphatic heterocycles. The van der Waals surface area contributed by atoms with Crippen LogP contribution in [0.2, 0.25) is 0 Å². The minimum Gasteiger partial charge on any atom is -0.258 e. The summed E-state index contributed by atoms with van der Waals surface area (Å²) in [6.07, 6.45) is 1.47. The van der Waals surface area contributed by atoms with Crippen LogP contribution in [0, 0.1) is 34.2 Å². The van der Waals surface area contributed by atoms with Gasteiger partial charge in [-0.15, -0.1) is 0 Å². The van der Waals surface area contributed by atoms with Crippen LogP contribution in [-0.4, -0.2) is 9.91 Å². The molecule has 2 rings (SSSR count). The maximum Gasteiger partial charge on any atom is 0.276 e. The van der Waals surface area contributed by atoms with Crippen LogP contribution in [-0.2, 0) is 0 Å². The van der Waals surface area contributed by atoms with Crippen molar-refractivity contribution in [2.45, 2.75) is 16.7 Å². The lowest BCUT2D eigenvalue weighted by molar-refractivity contribution is -0.385. The molecular weight excluding hydrogens is 361 g/mol. The van der Waals surface area contributed by atoms with Crippen LogP contribution in [0.5, 0.6) is 0 Å². The molecule has 0 aliphatic rings.